The molecular weight excluding hydrogens is 584 g/mol. The topological polar surface area (TPSA) is 70.2 Å². The summed E-state index contributed by atoms with van der Waals surface area (Å²) in [5.74, 6) is -1.11. The van der Waals surface area contributed by atoms with Crippen LogP contribution < -0.4 is 0 Å². The van der Waals surface area contributed by atoms with E-state index in [-0.39, 0.29) is 9.92 Å². The molecule has 2 aliphatic carbocycles. The van der Waals surface area contributed by atoms with Gasteiger partial charge in [-0.2, -0.15) is 4.31 Å². The van der Waals surface area contributed by atoms with Crippen molar-refractivity contribution in [1.29, 1.82) is 0 Å². The van der Waals surface area contributed by atoms with Crippen molar-refractivity contribution in [3.05, 3.63) is 64.7 Å². The lowest BCUT2D eigenvalue weighted by Crippen LogP contribution is -2.56. The summed E-state index contributed by atoms with van der Waals surface area (Å²) in [6.45, 7) is 2.77. The predicted octanol–water partition coefficient (Wildman–Crippen LogP) is 6.52. The van der Waals surface area contributed by atoms with Gasteiger partial charge in [0.05, 0.1) is 17.1 Å². The van der Waals surface area contributed by atoms with Gasteiger partial charge in [-0.15, -0.1) is 0 Å². The second kappa shape index (κ2) is 12.0. The monoisotopic (exact) mass is 621 g/mol. The molecule has 4 fully saturated rings. The first-order valence-electron chi connectivity index (χ1n) is 15.1. The average molecular weight is 622 g/mol. The SMILES string of the molecule is O=C(OC1([C@H]2CCC[C@@H](c3cccc(F)c3)N2S(=O)(=O)c2ccc(F)cc2Cl)CC1)N1CCN(C2CCCCC2)CC1. The summed E-state index contributed by atoms with van der Waals surface area (Å²) in [5, 5.41) is -0.227. The van der Waals surface area contributed by atoms with Crippen LogP contribution >= 0.6 is 11.6 Å². The summed E-state index contributed by atoms with van der Waals surface area (Å²) < 4.78 is 64.4. The molecule has 2 saturated carbocycles. The van der Waals surface area contributed by atoms with Crippen molar-refractivity contribution in [2.45, 2.75) is 92.8 Å². The van der Waals surface area contributed by atoms with E-state index in [4.69, 9.17) is 16.3 Å². The Morgan fingerprint density at radius 3 is 2.26 bits per heavy atom. The molecule has 0 unspecified atom stereocenters. The number of ether oxygens (including phenoxy) is 1. The molecular formula is C31H38ClF2N3O4S. The fraction of sp³-hybridized carbons (Fsp3) is 0.581. The molecule has 2 aromatic carbocycles. The highest BCUT2D eigenvalue weighted by molar-refractivity contribution is 7.89. The van der Waals surface area contributed by atoms with Crippen LogP contribution in [0.1, 0.15) is 75.8 Å². The van der Waals surface area contributed by atoms with Crippen LogP contribution in [-0.2, 0) is 14.8 Å². The molecule has 42 heavy (non-hydrogen) atoms. The third-order valence-electron chi connectivity index (χ3n) is 9.56. The number of sulfonamides is 1. The van der Waals surface area contributed by atoms with E-state index in [9.17, 15) is 22.0 Å². The molecule has 11 heteroatoms. The van der Waals surface area contributed by atoms with Gasteiger partial charge in [-0.05, 0) is 80.8 Å². The molecule has 228 valence electrons. The van der Waals surface area contributed by atoms with Crippen molar-refractivity contribution in [2.24, 2.45) is 0 Å². The second-order valence-corrected chi connectivity index (χ2v) is 14.4. The van der Waals surface area contributed by atoms with E-state index in [0.717, 1.165) is 25.2 Å². The summed E-state index contributed by atoms with van der Waals surface area (Å²) in [7, 11) is -4.29. The van der Waals surface area contributed by atoms with Crippen molar-refractivity contribution in [2.75, 3.05) is 26.2 Å². The van der Waals surface area contributed by atoms with Crippen LogP contribution in [0, 0.1) is 11.6 Å². The van der Waals surface area contributed by atoms with Crippen molar-refractivity contribution in [1.82, 2.24) is 14.1 Å². The van der Waals surface area contributed by atoms with Crippen molar-refractivity contribution >= 4 is 27.7 Å². The normalized spacial score (nSPS) is 25.7. The highest BCUT2D eigenvalue weighted by Crippen LogP contribution is 2.53. The van der Waals surface area contributed by atoms with Gasteiger partial charge >= 0.3 is 6.09 Å². The fourth-order valence-corrected chi connectivity index (χ4v) is 9.64. The maximum absolute atomic E-state index is 14.3. The minimum absolute atomic E-state index is 0.222. The van der Waals surface area contributed by atoms with Gasteiger partial charge in [0.1, 0.15) is 22.1 Å². The van der Waals surface area contributed by atoms with E-state index in [1.165, 1.54) is 54.6 Å². The molecule has 2 saturated heterocycles. The van der Waals surface area contributed by atoms with E-state index in [1.54, 1.807) is 17.0 Å². The van der Waals surface area contributed by atoms with Crippen LogP contribution in [0.3, 0.4) is 0 Å². The highest BCUT2D eigenvalue weighted by atomic mass is 35.5. The van der Waals surface area contributed by atoms with E-state index < -0.39 is 45.4 Å². The van der Waals surface area contributed by atoms with Crippen LogP contribution in [0.4, 0.5) is 13.6 Å². The fourth-order valence-electron chi connectivity index (χ4n) is 7.21. The Bertz CT molecular complexity index is 1410. The van der Waals surface area contributed by atoms with Crippen LogP contribution in [0.5, 0.6) is 0 Å². The molecule has 1 amide bonds. The number of hydrogen-bond acceptors (Lipinski definition) is 5. The Morgan fingerprint density at radius 1 is 0.881 bits per heavy atom. The first kappa shape index (κ1) is 29.8. The zero-order valence-corrected chi connectivity index (χ0v) is 25.3. The van der Waals surface area contributed by atoms with Crippen LogP contribution in [0.2, 0.25) is 5.02 Å². The Labute approximate surface area is 251 Å². The number of carbonyl (C=O) groups excluding carboxylic acids is 1. The predicted molar refractivity (Wildman–Crippen MR) is 156 cm³/mol. The Kier molecular flexibility index (Phi) is 8.52. The lowest BCUT2D eigenvalue weighted by molar-refractivity contribution is -0.0169. The van der Waals surface area contributed by atoms with Gasteiger partial charge in [-0.1, -0.05) is 43.0 Å². The van der Waals surface area contributed by atoms with Crippen LogP contribution in [0.25, 0.3) is 0 Å². The molecule has 2 heterocycles. The smallest absolute Gasteiger partial charge is 0.410 e. The minimum atomic E-state index is -4.29. The second-order valence-electron chi connectivity index (χ2n) is 12.2. The van der Waals surface area contributed by atoms with Crippen molar-refractivity contribution in [3.63, 3.8) is 0 Å². The molecule has 2 atom stereocenters. The summed E-state index contributed by atoms with van der Waals surface area (Å²) in [6, 6.07) is 8.37. The molecule has 0 bridgehead atoms. The lowest BCUT2D eigenvalue weighted by Gasteiger charge is -2.45. The number of carbonyl (C=O) groups is 1. The number of piperazine rings is 1. The third kappa shape index (κ3) is 5.92. The molecule has 2 aliphatic heterocycles. The molecule has 4 aliphatic rings. The van der Waals surface area contributed by atoms with Crippen LogP contribution in [-0.4, -0.2) is 72.5 Å². The van der Waals surface area contributed by atoms with Crippen molar-refractivity contribution < 1.29 is 26.7 Å². The van der Waals surface area contributed by atoms with Gasteiger partial charge in [0.25, 0.3) is 0 Å². The Hall–Kier alpha value is -2.27. The maximum atomic E-state index is 14.3. The number of piperidine rings is 1. The number of amides is 1. The molecule has 0 N–H and O–H groups in total. The zero-order valence-electron chi connectivity index (χ0n) is 23.7. The molecule has 0 radical (unpaired) electrons. The van der Waals surface area contributed by atoms with Gasteiger partial charge in [-0.3, -0.25) is 4.90 Å². The molecule has 0 spiro atoms. The highest BCUT2D eigenvalue weighted by Gasteiger charge is 2.60. The number of hydrogen-bond donors (Lipinski definition) is 0. The summed E-state index contributed by atoms with van der Waals surface area (Å²) in [4.78, 5) is 17.5. The van der Waals surface area contributed by atoms with Gasteiger partial charge in [0.2, 0.25) is 10.0 Å². The van der Waals surface area contributed by atoms with Gasteiger partial charge in [-0.25, -0.2) is 22.0 Å². The minimum Gasteiger partial charge on any atom is -0.441 e. The number of benzene rings is 2. The number of halogens is 3. The summed E-state index contributed by atoms with van der Waals surface area (Å²) in [6.07, 6.45) is 8.51. The molecule has 0 aromatic heterocycles. The third-order valence-corrected chi connectivity index (χ3v) is 12.0. The maximum Gasteiger partial charge on any atom is 0.410 e. The molecule has 6 rings (SSSR count). The van der Waals surface area contributed by atoms with E-state index >= 15 is 0 Å². The summed E-state index contributed by atoms with van der Waals surface area (Å²) in [5.41, 5.74) is -0.467. The quantitative estimate of drug-likeness (QED) is 0.367. The summed E-state index contributed by atoms with van der Waals surface area (Å²) >= 11 is 6.28. The molecule has 7 nitrogen and oxygen atoms in total. The number of rotatable bonds is 6. The van der Waals surface area contributed by atoms with E-state index in [0.29, 0.717) is 56.8 Å². The van der Waals surface area contributed by atoms with Gasteiger partial charge in [0, 0.05) is 32.2 Å². The van der Waals surface area contributed by atoms with Crippen molar-refractivity contribution in [3.8, 4) is 0 Å². The molecule has 2 aromatic rings. The number of nitrogens with zero attached hydrogens (tertiary/aromatic N) is 3. The zero-order chi connectivity index (χ0) is 29.5. The first-order chi connectivity index (χ1) is 20.2. The van der Waals surface area contributed by atoms with E-state index in [1.807, 2.05) is 0 Å². The van der Waals surface area contributed by atoms with E-state index in [2.05, 4.69) is 4.90 Å². The van der Waals surface area contributed by atoms with Gasteiger partial charge in [0.15, 0.2) is 0 Å². The average Bonchev–Trinajstić information content (AvgIpc) is 3.77. The van der Waals surface area contributed by atoms with Gasteiger partial charge < -0.3 is 9.64 Å². The lowest BCUT2D eigenvalue weighted by atomic mass is 9.90. The Balaban J connectivity index is 1.26. The standard InChI is InChI=1S/C31H38ClF2N3O4S/c32-26-21-24(34)12-13-28(26)42(39,40)37-27(22-6-4-7-23(33)20-22)10-5-11-29(37)31(14-15-31)41-30(38)36-18-16-35(17-19-36)25-8-2-1-3-9-25/h4,6-7,12-13,20-21,25,27,29H,1-3,5,8-11,14-19H2/t27-,29+/m0/s1. The first-order valence-corrected chi connectivity index (χ1v) is 17.0. The Morgan fingerprint density at radius 2 is 1.60 bits per heavy atom. The largest absolute Gasteiger partial charge is 0.441 e. The van der Waals surface area contributed by atoms with Crippen LogP contribution in [0.15, 0.2) is 47.4 Å².